The monoisotopic (exact) mass is 388 g/mol. The predicted octanol–water partition coefficient (Wildman–Crippen LogP) is 4.55. The van der Waals surface area contributed by atoms with Crippen LogP contribution in [-0.2, 0) is 6.54 Å². The molecule has 2 aromatic carbocycles. The zero-order valence-electron chi connectivity index (χ0n) is 13.4. The van der Waals surface area contributed by atoms with Crippen LogP contribution in [0.15, 0.2) is 60.7 Å². The number of nitrogens with zero attached hydrogens (tertiary/aromatic N) is 2. The second-order valence-corrected chi connectivity index (χ2v) is 6.00. The molecule has 26 heavy (non-hydrogen) atoms. The first kappa shape index (κ1) is 18.0. The van der Waals surface area contributed by atoms with Crippen LogP contribution in [0.25, 0.3) is 0 Å². The van der Waals surface area contributed by atoms with Gasteiger partial charge in [0.1, 0.15) is 16.7 Å². The standard InChI is InChI=1S/C18H14ClFN4OS/c19-15-10-16(25-14-4-2-1-3-5-14)23-17(22-15)24-18(26)21-11-12-6-8-13(20)9-7-12/h1-10H,11H2,(H2,21,22,23,24,26). The lowest BCUT2D eigenvalue weighted by Gasteiger charge is -2.11. The number of ether oxygens (including phenoxy) is 1. The van der Waals surface area contributed by atoms with Crippen LogP contribution in [0.5, 0.6) is 11.6 Å². The molecule has 0 unspecified atom stereocenters. The molecule has 0 aliphatic rings. The molecule has 0 saturated carbocycles. The Bertz CT molecular complexity index is 893. The van der Waals surface area contributed by atoms with Gasteiger partial charge in [0.05, 0.1) is 0 Å². The molecule has 0 spiro atoms. The van der Waals surface area contributed by atoms with Gasteiger partial charge in [0.15, 0.2) is 5.11 Å². The minimum absolute atomic E-state index is 0.208. The van der Waals surface area contributed by atoms with Gasteiger partial charge in [-0.3, -0.25) is 0 Å². The number of halogens is 2. The van der Waals surface area contributed by atoms with Gasteiger partial charge in [-0.1, -0.05) is 41.9 Å². The number of anilines is 1. The van der Waals surface area contributed by atoms with Gasteiger partial charge in [-0.05, 0) is 42.0 Å². The summed E-state index contributed by atoms with van der Waals surface area (Å²) in [5.74, 6) is 0.845. The average molecular weight is 389 g/mol. The van der Waals surface area contributed by atoms with Crippen molar-refractivity contribution < 1.29 is 9.13 Å². The minimum Gasteiger partial charge on any atom is -0.439 e. The van der Waals surface area contributed by atoms with Crippen LogP contribution >= 0.6 is 23.8 Å². The number of para-hydroxylation sites is 1. The third-order valence-electron chi connectivity index (χ3n) is 3.23. The molecule has 0 atom stereocenters. The maximum atomic E-state index is 12.9. The molecular formula is C18H14ClFN4OS. The summed E-state index contributed by atoms with van der Waals surface area (Å²) >= 11 is 11.2. The van der Waals surface area contributed by atoms with Gasteiger partial charge in [-0.25, -0.2) is 9.37 Å². The molecule has 132 valence electrons. The van der Waals surface area contributed by atoms with E-state index in [2.05, 4.69) is 20.6 Å². The number of hydrogen-bond donors (Lipinski definition) is 2. The van der Waals surface area contributed by atoms with E-state index in [1.807, 2.05) is 18.2 Å². The first-order valence-corrected chi connectivity index (χ1v) is 8.44. The van der Waals surface area contributed by atoms with Gasteiger partial charge in [0.2, 0.25) is 11.8 Å². The Morgan fingerprint density at radius 2 is 1.81 bits per heavy atom. The zero-order chi connectivity index (χ0) is 18.4. The number of thiocarbonyl (C=S) groups is 1. The van der Waals surface area contributed by atoms with Gasteiger partial charge in [-0.15, -0.1) is 0 Å². The highest BCUT2D eigenvalue weighted by Crippen LogP contribution is 2.22. The smallest absolute Gasteiger partial charge is 0.233 e. The van der Waals surface area contributed by atoms with Gasteiger partial charge >= 0.3 is 0 Å². The summed E-state index contributed by atoms with van der Waals surface area (Å²) in [6, 6.07) is 16.8. The molecule has 1 heterocycles. The van der Waals surface area contributed by atoms with E-state index in [9.17, 15) is 4.39 Å². The van der Waals surface area contributed by atoms with Crippen LogP contribution in [0.4, 0.5) is 10.3 Å². The maximum absolute atomic E-state index is 12.9. The summed E-state index contributed by atoms with van der Waals surface area (Å²) in [6.45, 7) is 0.431. The Labute approximate surface area is 160 Å². The highest BCUT2D eigenvalue weighted by Gasteiger charge is 2.07. The Morgan fingerprint density at radius 1 is 1.08 bits per heavy atom. The summed E-state index contributed by atoms with van der Waals surface area (Å²) in [5.41, 5.74) is 0.885. The second kappa shape index (κ2) is 8.55. The lowest BCUT2D eigenvalue weighted by atomic mass is 10.2. The molecule has 8 heteroatoms. The van der Waals surface area contributed by atoms with E-state index in [1.165, 1.54) is 18.2 Å². The fourth-order valence-corrected chi connectivity index (χ4v) is 2.38. The van der Waals surface area contributed by atoms with Crippen molar-refractivity contribution in [3.63, 3.8) is 0 Å². The molecule has 0 aliphatic carbocycles. The number of hydrogen-bond acceptors (Lipinski definition) is 4. The summed E-state index contributed by atoms with van der Waals surface area (Å²) in [6.07, 6.45) is 0. The molecule has 0 fully saturated rings. The van der Waals surface area contributed by atoms with Crippen molar-refractivity contribution in [3.8, 4) is 11.6 Å². The molecule has 5 nitrogen and oxygen atoms in total. The number of rotatable bonds is 5. The molecular weight excluding hydrogens is 375 g/mol. The molecule has 3 aromatic rings. The second-order valence-electron chi connectivity index (χ2n) is 5.20. The first-order valence-electron chi connectivity index (χ1n) is 7.65. The van der Waals surface area contributed by atoms with E-state index >= 15 is 0 Å². The Morgan fingerprint density at radius 3 is 2.54 bits per heavy atom. The van der Waals surface area contributed by atoms with E-state index in [-0.39, 0.29) is 16.9 Å². The molecule has 0 bridgehead atoms. The van der Waals surface area contributed by atoms with Crippen molar-refractivity contribution in [3.05, 3.63) is 77.2 Å². The van der Waals surface area contributed by atoms with Crippen LogP contribution in [0.1, 0.15) is 5.56 Å². The lowest BCUT2D eigenvalue weighted by Crippen LogP contribution is -2.28. The van der Waals surface area contributed by atoms with E-state index in [0.29, 0.717) is 23.3 Å². The topological polar surface area (TPSA) is 59.1 Å². The molecule has 0 saturated heterocycles. The largest absolute Gasteiger partial charge is 0.439 e. The Kier molecular flexibility index (Phi) is 5.93. The van der Waals surface area contributed by atoms with Crippen LogP contribution in [0.3, 0.4) is 0 Å². The third kappa shape index (κ3) is 5.37. The highest BCUT2D eigenvalue weighted by molar-refractivity contribution is 7.80. The zero-order valence-corrected chi connectivity index (χ0v) is 15.0. The maximum Gasteiger partial charge on any atom is 0.233 e. The normalized spacial score (nSPS) is 10.2. The molecule has 2 N–H and O–H groups in total. The first-order chi connectivity index (χ1) is 12.6. The van der Waals surface area contributed by atoms with Crippen molar-refractivity contribution in [1.29, 1.82) is 0 Å². The summed E-state index contributed by atoms with van der Waals surface area (Å²) in [5, 5.41) is 6.36. The summed E-state index contributed by atoms with van der Waals surface area (Å²) < 4.78 is 18.6. The van der Waals surface area contributed by atoms with Crippen LogP contribution in [0, 0.1) is 5.82 Å². The predicted molar refractivity (Wildman–Crippen MR) is 103 cm³/mol. The van der Waals surface area contributed by atoms with Gasteiger partial charge in [0, 0.05) is 12.6 Å². The van der Waals surface area contributed by atoms with Crippen LogP contribution in [-0.4, -0.2) is 15.1 Å². The van der Waals surface area contributed by atoms with E-state index in [4.69, 9.17) is 28.6 Å². The van der Waals surface area contributed by atoms with E-state index < -0.39 is 0 Å². The summed E-state index contributed by atoms with van der Waals surface area (Å²) in [7, 11) is 0. The van der Waals surface area contributed by atoms with Crippen LogP contribution < -0.4 is 15.4 Å². The van der Waals surface area contributed by atoms with Gasteiger partial charge < -0.3 is 15.4 Å². The van der Waals surface area contributed by atoms with Gasteiger partial charge in [0.25, 0.3) is 0 Å². The van der Waals surface area contributed by atoms with Crippen molar-refractivity contribution in [2.75, 3.05) is 5.32 Å². The SMILES string of the molecule is Fc1ccc(CNC(=S)Nc2nc(Cl)cc(Oc3ccccc3)n2)cc1. The Hall–Kier alpha value is -2.77. The molecule has 0 radical (unpaired) electrons. The van der Waals surface area contributed by atoms with Crippen molar-refractivity contribution in [1.82, 2.24) is 15.3 Å². The number of benzene rings is 2. The quantitative estimate of drug-likeness (QED) is 0.494. The van der Waals surface area contributed by atoms with Crippen molar-refractivity contribution in [2.45, 2.75) is 6.54 Å². The van der Waals surface area contributed by atoms with E-state index in [1.54, 1.807) is 24.3 Å². The highest BCUT2D eigenvalue weighted by atomic mass is 35.5. The number of aromatic nitrogens is 2. The fourth-order valence-electron chi connectivity index (χ4n) is 2.04. The minimum atomic E-state index is -0.285. The van der Waals surface area contributed by atoms with Crippen LogP contribution in [0.2, 0.25) is 5.15 Å². The molecule has 0 aliphatic heterocycles. The fraction of sp³-hybridized carbons (Fsp3) is 0.0556. The molecule has 1 aromatic heterocycles. The van der Waals surface area contributed by atoms with Gasteiger partial charge in [-0.2, -0.15) is 4.98 Å². The third-order valence-corrected chi connectivity index (χ3v) is 3.67. The molecule has 3 rings (SSSR count). The lowest BCUT2D eigenvalue weighted by molar-refractivity contribution is 0.462. The average Bonchev–Trinajstić information content (AvgIpc) is 2.61. The Balaban J connectivity index is 1.61. The van der Waals surface area contributed by atoms with Crippen molar-refractivity contribution >= 4 is 34.9 Å². The summed E-state index contributed by atoms with van der Waals surface area (Å²) in [4.78, 5) is 8.30. The van der Waals surface area contributed by atoms with Crippen molar-refractivity contribution in [2.24, 2.45) is 0 Å². The number of nitrogens with one attached hydrogen (secondary N) is 2. The van der Waals surface area contributed by atoms with E-state index in [0.717, 1.165) is 5.56 Å². The molecule has 0 amide bonds.